The summed E-state index contributed by atoms with van der Waals surface area (Å²) in [7, 11) is 0. The molecule has 1 saturated carbocycles. The van der Waals surface area contributed by atoms with E-state index in [9.17, 15) is 14.4 Å². The maximum Gasteiger partial charge on any atom is 0.251 e. The summed E-state index contributed by atoms with van der Waals surface area (Å²) in [6.45, 7) is -0.173. The van der Waals surface area contributed by atoms with Crippen LogP contribution in [0.5, 0.6) is 0 Å². The number of hydrogen-bond donors (Lipinski definition) is 3. The van der Waals surface area contributed by atoms with E-state index < -0.39 is 5.54 Å². The summed E-state index contributed by atoms with van der Waals surface area (Å²) in [5.41, 5.74) is 0.247. The molecule has 1 aliphatic rings. The molecule has 6 heteroatoms. The van der Waals surface area contributed by atoms with E-state index in [1.54, 1.807) is 24.3 Å². The first-order valence-corrected chi connectivity index (χ1v) is 9.60. The maximum absolute atomic E-state index is 13.0. The van der Waals surface area contributed by atoms with Gasteiger partial charge in [-0.25, -0.2) is 0 Å². The van der Waals surface area contributed by atoms with E-state index in [2.05, 4.69) is 16.0 Å². The number of carbonyl (C=O) groups excluding carboxylic acids is 3. The van der Waals surface area contributed by atoms with Gasteiger partial charge in [0.05, 0.1) is 6.54 Å². The molecular weight excluding hydrogens is 354 g/mol. The number of rotatable bonds is 6. The van der Waals surface area contributed by atoms with Crippen molar-refractivity contribution in [2.24, 2.45) is 0 Å². The molecule has 0 aliphatic heterocycles. The van der Waals surface area contributed by atoms with Crippen molar-refractivity contribution in [1.29, 1.82) is 0 Å². The van der Waals surface area contributed by atoms with Gasteiger partial charge in [0, 0.05) is 11.3 Å². The molecule has 2 aromatic carbocycles. The SMILES string of the molecule is O=C(CNC(=O)c1ccccc1)NC1(C(=O)Nc2ccccc2)CCCCC1. The lowest BCUT2D eigenvalue weighted by Crippen LogP contribution is -2.59. The summed E-state index contributed by atoms with van der Waals surface area (Å²) in [6, 6.07) is 17.9. The van der Waals surface area contributed by atoms with Crippen molar-refractivity contribution >= 4 is 23.4 Å². The second-order valence-corrected chi connectivity index (χ2v) is 7.06. The van der Waals surface area contributed by atoms with Crippen LogP contribution in [0.1, 0.15) is 42.5 Å². The Morgan fingerprint density at radius 1 is 0.821 bits per heavy atom. The minimum atomic E-state index is -0.942. The highest BCUT2D eigenvalue weighted by atomic mass is 16.2. The van der Waals surface area contributed by atoms with E-state index in [-0.39, 0.29) is 24.3 Å². The highest BCUT2D eigenvalue weighted by Crippen LogP contribution is 2.29. The van der Waals surface area contributed by atoms with Crippen molar-refractivity contribution in [3.05, 3.63) is 66.2 Å². The summed E-state index contributed by atoms with van der Waals surface area (Å²) in [6.07, 6.45) is 3.97. The molecule has 1 aliphatic carbocycles. The molecule has 28 heavy (non-hydrogen) atoms. The lowest BCUT2D eigenvalue weighted by Gasteiger charge is -2.36. The van der Waals surface area contributed by atoms with Crippen LogP contribution in [0.4, 0.5) is 5.69 Å². The topological polar surface area (TPSA) is 87.3 Å². The van der Waals surface area contributed by atoms with Gasteiger partial charge < -0.3 is 16.0 Å². The second-order valence-electron chi connectivity index (χ2n) is 7.06. The van der Waals surface area contributed by atoms with Gasteiger partial charge in [-0.15, -0.1) is 0 Å². The fourth-order valence-corrected chi connectivity index (χ4v) is 3.50. The molecule has 0 aromatic heterocycles. The Morgan fingerprint density at radius 3 is 2.07 bits per heavy atom. The van der Waals surface area contributed by atoms with Crippen molar-refractivity contribution in [2.45, 2.75) is 37.6 Å². The predicted octanol–water partition coefficient (Wildman–Crippen LogP) is 2.87. The number of para-hydroxylation sites is 1. The summed E-state index contributed by atoms with van der Waals surface area (Å²) < 4.78 is 0. The van der Waals surface area contributed by atoms with Gasteiger partial charge >= 0.3 is 0 Å². The van der Waals surface area contributed by atoms with Crippen LogP contribution in [0, 0.1) is 0 Å². The van der Waals surface area contributed by atoms with Crippen molar-refractivity contribution < 1.29 is 14.4 Å². The van der Waals surface area contributed by atoms with Crippen LogP contribution in [0.15, 0.2) is 60.7 Å². The molecule has 0 heterocycles. The zero-order valence-electron chi connectivity index (χ0n) is 15.7. The van der Waals surface area contributed by atoms with Crippen molar-refractivity contribution in [1.82, 2.24) is 10.6 Å². The Hall–Kier alpha value is -3.15. The number of amides is 3. The van der Waals surface area contributed by atoms with Crippen LogP contribution >= 0.6 is 0 Å². The predicted molar refractivity (Wildman–Crippen MR) is 108 cm³/mol. The molecule has 3 rings (SSSR count). The lowest BCUT2D eigenvalue weighted by molar-refractivity contribution is -0.131. The first-order chi connectivity index (χ1) is 13.6. The largest absolute Gasteiger partial charge is 0.343 e. The zero-order chi connectivity index (χ0) is 19.8. The molecule has 6 nitrogen and oxygen atoms in total. The second kappa shape index (κ2) is 9.17. The number of hydrogen-bond acceptors (Lipinski definition) is 3. The molecule has 1 fully saturated rings. The lowest BCUT2D eigenvalue weighted by atomic mass is 9.80. The fraction of sp³-hybridized carbons (Fsp3) is 0.318. The Balaban J connectivity index is 1.62. The van der Waals surface area contributed by atoms with Crippen molar-refractivity contribution in [2.75, 3.05) is 11.9 Å². The Kier molecular flexibility index (Phi) is 6.42. The van der Waals surface area contributed by atoms with Crippen molar-refractivity contribution in [3.63, 3.8) is 0 Å². The van der Waals surface area contributed by atoms with Crippen LogP contribution in [-0.2, 0) is 9.59 Å². The molecule has 0 bridgehead atoms. The summed E-state index contributed by atoms with van der Waals surface area (Å²) in [5, 5.41) is 8.41. The smallest absolute Gasteiger partial charge is 0.251 e. The number of carbonyl (C=O) groups is 3. The summed E-state index contributed by atoms with van der Waals surface area (Å²) in [4.78, 5) is 37.6. The molecule has 3 amide bonds. The number of nitrogens with one attached hydrogen (secondary N) is 3. The Morgan fingerprint density at radius 2 is 1.43 bits per heavy atom. The van der Waals surface area contributed by atoms with Gasteiger partial charge in [-0.1, -0.05) is 55.7 Å². The Bertz CT molecular complexity index is 815. The Labute approximate surface area is 164 Å². The van der Waals surface area contributed by atoms with Crippen LogP contribution in [0.2, 0.25) is 0 Å². The summed E-state index contributed by atoms with van der Waals surface area (Å²) in [5.74, 6) is -0.891. The van der Waals surface area contributed by atoms with E-state index in [0.717, 1.165) is 19.3 Å². The molecule has 2 aromatic rings. The average Bonchev–Trinajstić information content (AvgIpc) is 2.74. The maximum atomic E-state index is 13.0. The summed E-state index contributed by atoms with van der Waals surface area (Å²) >= 11 is 0. The van der Waals surface area contributed by atoms with Gasteiger partial charge in [-0.3, -0.25) is 14.4 Å². The van der Waals surface area contributed by atoms with E-state index in [4.69, 9.17) is 0 Å². The molecule has 0 spiro atoms. The monoisotopic (exact) mass is 379 g/mol. The number of benzene rings is 2. The van der Waals surface area contributed by atoms with Crippen LogP contribution < -0.4 is 16.0 Å². The zero-order valence-corrected chi connectivity index (χ0v) is 15.7. The highest BCUT2D eigenvalue weighted by Gasteiger charge is 2.40. The van der Waals surface area contributed by atoms with Crippen LogP contribution in [0.3, 0.4) is 0 Å². The van der Waals surface area contributed by atoms with E-state index in [0.29, 0.717) is 24.1 Å². The third-order valence-corrected chi connectivity index (χ3v) is 5.00. The fourth-order valence-electron chi connectivity index (χ4n) is 3.50. The molecule has 0 atom stereocenters. The first kappa shape index (κ1) is 19.6. The molecule has 146 valence electrons. The van der Waals surface area contributed by atoms with Crippen molar-refractivity contribution in [3.8, 4) is 0 Å². The van der Waals surface area contributed by atoms with E-state index >= 15 is 0 Å². The minimum absolute atomic E-state index is 0.173. The van der Waals surface area contributed by atoms with Crippen LogP contribution in [-0.4, -0.2) is 29.8 Å². The van der Waals surface area contributed by atoms with Crippen LogP contribution in [0.25, 0.3) is 0 Å². The van der Waals surface area contributed by atoms with Gasteiger partial charge in [0.1, 0.15) is 5.54 Å². The minimum Gasteiger partial charge on any atom is -0.343 e. The van der Waals surface area contributed by atoms with Gasteiger partial charge in [0.15, 0.2) is 0 Å². The average molecular weight is 379 g/mol. The normalized spacial score (nSPS) is 15.3. The van der Waals surface area contributed by atoms with Gasteiger partial charge in [-0.05, 0) is 37.1 Å². The highest BCUT2D eigenvalue weighted by molar-refractivity contribution is 6.01. The van der Waals surface area contributed by atoms with E-state index in [1.165, 1.54) is 0 Å². The molecule has 3 N–H and O–H groups in total. The van der Waals surface area contributed by atoms with Gasteiger partial charge in [0.25, 0.3) is 5.91 Å². The molecule has 0 unspecified atom stereocenters. The first-order valence-electron chi connectivity index (χ1n) is 9.60. The quantitative estimate of drug-likeness (QED) is 0.721. The van der Waals surface area contributed by atoms with Gasteiger partial charge in [0.2, 0.25) is 11.8 Å². The molecular formula is C22H25N3O3. The standard InChI is InChI=1S/C22H25N3O3/c26-19(16-23-20(27)17-10-4-1-5-11-17)25-22(14-8-3-9-15-22)21(28)24-18-12-6-2-7-13-18/h1-2,4-7,10-13H,3,8-9,14-16H2,(H,23,27)(H,24,28)(H,25,26). The third-order valence-electron chi connectivity index (χ3n) is 5.00. The third kappa shape index (κ3) is 4.97. The van der Waals surface area contributed by atoms with Gasteiger partial charge in [-0.2, -0.15) is 0 Å². The number of anilines is 1. The van der Waals surface area contributed by atoms with E-state index in [1.807, 2.05) is 36.4 Å². The molecule has 0 saturated heterocycles. The molecule has 0 radical (unpaired) electrons.